The average Bonchev–Trinajstić information content (AvgIpc) is 2.26. The Morgan fingerprint density at radius 2 is 1.93 bits per heavy atom. The van der Waals surface area contributed by atoms with Gasteiger partial charge in [0.05, 0.1) is 6.54 Å². The van der Waals surface area contributed by atoms with Crippen molar-refractivity contribution in [3.8, 4) is 0 Å². The van der Waals surface area contributed by atoms with Crippen LogP contribution in [0.3, 0.4) is 0 Å². The largest absolute Gasteiger partial charge is 0.355 e. The average molecular weight is 214 g/mol. The van der Waals surface area contributed by atoms with Gasteiger partial charge in [0.1, 0.15) is 0 Å². The molecule has 1 fully saturated rings. The van der Waals surface area contributed by atoms with Crippen LogP contribution < -0.4 is 16.8 Å². The van der Waals surface area contributed by atoms with Crippen LogP contribution in [-0.2, 0) is 4.79 Å². The Kier molecular flexibility index (Phi) is 4.36. The van der Waals surface area contributed by atoms with Gasteiger partial charge < -0.3 is 21.7 Å². The Balaban J connectivity index is 2.20. The van der Waals surface area contributed by atoms with Gasteiger partial charge in [0.25, 0.3) is 0 Å². The molecule has 6 heteroatoms. The molecule has 0 aromatic carbocycles. The number of amides is 3. The number of carbonyl (C=O) groups is 2. The smallest absolute Gasteiger partial charge is 0.314 e. The molecule has 0 unspecified atom stereocenters. The van der Waals surface area contributed by atoms with E-state index < -0.39 is 0 Å². The quantitative estimate of drug-likeness (QED) is 0.553. The third-order valence-electron chi connectivity index (χ3n) is 2.70. The zero-order chi connectivity index (χ0) is 11.3. The summed E-state index contributed by atoms with van der Waals surface area (Å²) >= 11 is 0. The van der Waals surface area contributed by atoms with E-state index in [1.54, 1.807) is 4.90 Å². The highest BCUT2D eigenvalue weighted by atomic mass is 16.2. The molecule has 0 aliphatic carbocycles. The first-order valence-electron chi connectivity index (χ1n) is 5.14. The lowest BCUT2D eigenvalue weighted by Crippen LogP contribution is -2.44. The van der Waals surface area contributed by atoms with Crippen LogP contribution in [0.2, 0.25) is 0 Å². The van der Waals surface area contributed by atoms with Gasteiger partial charge in [0.15, 0.2) is 0 Å². The maximum Gasteiger partial charge on any atom is 0.314 e. The van der Waals surface area contributed by atoms with Gasteiger partial charge in [-0.1, -0.05) is 0 Å². The Morgan fingerprint density at radius 3 is 2.40 bits per heavy atom. The number of carbonyl (C=O) groups excluding carboxylic acids is 2. The Hall–Kier alpha value is -1.30. The van der Waals surface area contributed by atoms with Crippen LogP contribution in [0, 0.1) is 5.92 Å². The van der Waals surface area contributed by atoms with Crippen LogP contribution in [0.25, 0.3) is 0 Å². The third kappa shape index (κ3) is 3.75. The second kappa shape index (κ2) is 5.55. The lowest BCUT2D eigenvalue weighted by molar-refractivity contribution is -0.119. The highest BCUT2D eigenvalue weighted by Gasteiger charge is 2.21. The monoisotopic (exact) mass is 214 g/mol. The first-order valence-corrected chi connectivity index (χ1v) is 5.14. The van der Waals surface area contributed by atoms with Crippen molar-refractivity contribution in [3.05, 3.63) is 0 Å². The maximum absolute atomic E-state index is 10.9. The van der Waals surface area contributed by atoms with Crippen LogP contribution in [0.1, 0.15) is 12.8 Å². The minimum atomic E-state index is -0.362. The summed E-state index contributed by atoms with van der Waals surface area (Å²) < 4.78 is 0. The van der Waals surface area contributed by atoms with E-state index in [4.69, 9.17) is 11.5 Å². The number of likely N-dealkylation sites (tertiary alicyclic amines) is 1. The summed E-state index contributed by atoms with van der Waals surface area (Å²) in [5.74, 6) is 0.295. The van der Waals surface area contributed by atoms with E-state index in [-0.39, 0.29) is 18.5 Å². The van der Waals surface area contributed by atoms with E-state index in [9.17, 15) is 9.59 Å². The highest BCUT2D eigenvalue weighted by molar-refractivity contribution is 5.77. The number of urea groups is 1. The molecule has 6 nitrogen and oxygen atoms in total. The van der Waals surface area contributed by atoms with Crippen molar-refractivity contribution in [1.82, 2.24) is 10.2 Å². The van der Waals surface area contributed by atoms with Crippen molar-refractivity contribution in [2.75, 3.05) is 26.2 Å². The number of primary amides is 1. The zero-order valence-electron chi connectivity index (χ0n) is 8.74. The fourth-order valence-corrected chi connectivity index (χ4v) is 1.69. The molecule has 1 aliphatic rings. The second-order valence-corrected chi connectivity index (χ2v) is 3.78. The molecule has 5 N–H and O–H groups in total. The van der Waals surface area contributed by atoms with E-state index in [0.29, 0.717) is 25.6 Å². The van der Waals surface area contributed by atoms with E-state index in [1.165, 1.54) is 0 Å². The number of hydrogen-bond donors (Lipinski definition) is 3. The summed E-state index contributed by atoms with van der Waals surface area (Å²) in [6, 6.07) is -0.362. The molecule has 0 radical (unpaired) electrons. The van der Waals surface area contributed by atoms with Crippen LogP contribution in [0.5, 0.6) is 0 Å². The lowest BCUT2D eigenvalue weighted by Gasteiger charge is -2.30. The van der Waals surface area contributed by atoms with Crippen LogP contribution in [0.15, 0.2) is 0 Å². The minimum Gasteiger partial charge on any atom is -0.355 e. The summed E-state index contributed by atoms with van der Waals surface area (Å²) in [7, 11) is 0. The molecular weight excluding hydrogens is 196 g/mol. The number of nitrogens with one attached hydrogen (secondary N) is 1. The Labute approximate surface area is 89.0 Å². The molecule has 15 heavy (non-hydrogen) atoms. The SMILES string of the molecule is NCC(=O)NCC1CCN(C(N)=O)CC1. The second-order valence-electron chi connectivity index (χ2n) is 3.78. The number of nitrogens with zero attached hydrogens (tertiary/aromatic N) is 1. The molecule has 0 spiro atoms. The highest BCUT2D eigenvalue weighted by Crippen LogP contribution is 2.15. The van der Waals surface area contributed by atoms with Crippen LogP contribution in [-0.4, -0.2) is 43.0 Å². The van der Waals surface area contributed by atoms with Gasteiger partial charge in [-0.25, -0.2) is 4.79 Å². The molecule has 0 bridgehead atoms. The maximum atomic E-state index is 10.9. The number of nitrogens with two attached hydrogens (primary N) is 2. The van der Waals surface area contributed by atoms with Crippen molar-refractivity contribution in [3.63, 3.8) is 0 Å². The standard InChI is InChI=1S/C9H18N4O2/c10-5-8(14)12-6-7-1-3-13(4-2-7)9(11)15/h7H,1-6,10H2,(H2,11,15)(H,12,14). The lowest BCUT2D eigenvalue weighted by atomic mass is 9.97. The first kappa shape index (κ1) is 11.8. The molecule has 0 atom stereocenters. The molecule has 0 aromatic heterocycles. The summed E-state index contributed by atoms with van der Waals surface area (Å²) in [5.41, 5.74) is 10.3. The van der Waals surface area contributed by atoms with Gasteiger partial charge in [-0.15, -0.1) is 0 Å². The van der Waals surface area contributed by atoms with Gasteiger partial charge in [-0.05, 0) is 18.8 Å². The summed E-state index contributed by atoms with van der Waals surface area (Å²) in [6.45, 7) is 2.03. The predicted molar refractivity (Wildman–Crippen MR) is 55.9 cm³/mol. The van der Waals surface area contributed by atoms with Gasteiger partial charge in [0, 0.05) is 19.6 Å². The van der Waals surface area contributed by atoms with Crippen LogP contribution in [0.4, 0.5) is 4.79 Å². The molecule has 1 aliphatic heterocycles. The predicted octanol–water partition coefficient (Wildman–Crippen LogP) is -1.15. The fourth-order valence-electron chi connectivity index (χ4n) is 1.69. The molecule has 1 rings (SSSR count). The number of hydrogen-bond acceptors (Lipinski definition) is 3. The molecule has 0 aromatic rings. The molecular formula is C9H18N4O2. The Morgan fingerprint density at radius 1 is 1.33 bits per heavy atom. The normalized spacial score (nSPS) is 17.5. The molecule has 86 valence electrons. The first-order chi connectivity index (χ1) is 7.13. The number of rotatable bonds is 3. The summed E-state index contributed by atoms with van der Waals surface area (Å²) in [4.78, 5) is 23.4. The van der Waals surface area contributed by atoms with Crippen LogP contribution >= 0.6 is 0 Å². The molecule has 3 amide bonds. The zero-order valence-corrected chi connectivity index (χ0v) is 8.74. The fraction of sp³-hybridized carbons (Fsp3) is 0.778. The minimum absolute atomic E-state index is 0.0279. The molecule has 1 saturated heterocycles. The van der Waals surface area contributed by atoms with Gasteiger partial charge in [0.2, 0.25) is 5.91 Å². The molecule has 0 saturated carbocycles. The van der Waals surface area contributed by atoms with Crippen molar-refractivity contribution in [2.24, 2.45) is 17.4 Å². The van der Waals surface area contributed by atoms with Gasteiger partial charge in [-0.2, -0.15) is 0 Å². The van der Waals surface area contributed by atoms with Gasteiger partial charge in [-0.3, -0.25) is 4.79 Å². The van der Waals surface area contributed by atoms with E-state index in [2.05, 4.69) is 5.32 Å². The van der Waals surface area contributed by atoms with Crippen molar-refractivity contribution < 1.29 is 9.59 Å². The number of piperidine rings is 1. The van der Waals surface area contributed by atoms with Crippen molar-refractivity contribution >= 4 is 11.9 Å². The van der Waals surface area contributed by atoms with E-state index >= 15 is 0 Å². The topological polar surface area (TPSA) is 101 Å². The van der Waals surface area contributed by atoms with Gasteiger partial charge >= 0.3 is 6.03 Å². The van der Waals surface area contributed by atoms with E-state index in [0.717, 1.165) is 12.8 Å². The third-order valence-corrected chi connectivity index (χ3v) is 2.70. The summed E-state index contributed by atoms with van der Waals surface area (Å²) in [5, 5.41) is 2.75. The van der Waals surface area contributed by atoms with Crippen molar-refractivity contribution in [1.29, 1.82) is 0 Å². The Bertz CT molecular complexity index is 236. The summed E-state index contributed by atoms with van der Waals surface area (Å²) in [6.07, 6.45) is 1.77. The molecule has 1 heterocycles. The van der Waals surface area contributed by atoms with Crippen molar-refractivity contribution in [2.45, 2.75) is 12.8 Å². The van der Waals surface area contributed by atoms with E-state index in [1.807, 2.05) is 0 Å².